The van der Waals surface area contributed by atoms with Crippen LogP contribution < -0.4 is 0 Å². The highest BCUT2D eigenvalue weighted by atomic mass is 35.5. The first-order chi connectivity index (χ1) is 9.56. The molecule has 0 unspecified atom stereocenters. The van der Waals surface area contributed by atoms with E-state index in [1.807, 2.05) is 0 Å². The molecule has 5 heteroatoms. The van der Waals surface area contributed by atoms with E-state index in [0.717, 1.165) is 12.8 Å². The van der Waals surface area contributed by atoms with Crippen molar-refractivity contribution < 1.29 is 19.4 Å². The number of hydrogen-bond donors (Lipinski definition) is 1. The average molecular weight is 301 g/mol. The maximum absolute atomic E-state index is 11.2. The van der Waals surface area contributed by atoms with E-state index >= 15 is 0 Å². The first-order valence-electron chi connectivity index (χ1n) is 6.73. The molecule has 20 heavy (non-hydrogen) atoms. The van der Waals surface area contributed by atoms with Gasteiger partial charge in [0, 0.05) is 24.1 Å². The third-order valence-electron chi connectivity index (χ3n) is 2.78. The standard InChI is InChI=1S/C15H21ClO4/c1-3-4-9-19-10-14(18)15(20-11(2)17)12-7-5-6-8-13(12)16/h5-8,14-15,18H,3-4,9-10H2,1-2H3/t14-,15+/m1/s1. The summed E-state index contributed by atoms with van der Waals surface area (Å²) < 4.78 is 10.6. The topological polar surface area (TPSA) is 55.8 Å². The van der Waals surface area contributed by atoms with Gasteiger partial charge >= 0.3 is 5.97 Å². The van der Waals surface area contributed by atoms with E-state index in [4.69, 9.17) is 21.1 Å². The third kappa shape index (κ3) is 5.49. The summed E-state index contributed by atoms with van der Waals surface area (Å²) in [6, 6.07) is 6.98. The van der Waals surface area contributed by atoms with Crippen LogP contribution in [-0.4, -0.2) is 30.4 Å². The van der Waals surface area contributed by atoms with Gasteiger partial charge in [0.15, 0.2) is 6.10 Å². The number of esters is 1. The zero-order valence-electron chi connectivity index (χ0n) is 11.8. The van der Waals surface area contributed by atoms with Gasteiger partial charge < -0.3 is 14.6 Å². The van der Waals surface area contributed by atoms with Gasteiger partial charge in [-0.1, -0.05) is 43.1 Å². The minimum atomic E-state index is -0.948. The van der Waals surface area contributed by atoms with Crippen LogP contribution >= 0.6 is 11.6 Å². The molecular formula is C15H21ClO4. The highest BCUT2D eigenvalue weighted by molar-refractivity contribution is 6.31. The van der Waals surface area contributed by atoms with Crippen LogP contribution in [-0.2, 0) is 14.3 Å². The van der Waals surface area contributed by atoms with Crippen LogP contribution in [0.5, 0.6) is 0 Å². The minimum absolute atomic E-state index is 0.100. The molecule has 2 atom stereocenters. The molecule has 0 radical (unpaired) electrons. The number of rotatable bonds is 8. The lowest BCUT2D eigenvalue weighted by molar-refractivity contribution is -0.155. The van der Waals surface area contributed by atoms with Crippen molar-refractivity contribution >= 4 is 17.6 Å². The molecule has 1 aromatic rings. The Morgan fingerprint density at radius 3 is 2.70 bits per heavy atom. The van der Waals surface area contributed by atoms with Crippen molar-refractivity contribution in [3.8, 4) is 0 Å². The van der Waals surface area contributed by atoms with Crippen molar-refractivity contribution in [1.82, 2.24) is 0 Å². The molecule has 1 N–H and O–H groups in total. The van der Waals surface area contributed by atoms with E-state index in [1.165, 1.54) is 6.92 Å². The van der Waals surface area contributed by atoms with Crippen molar-refractivity contribution in [3.63, 3.8) is 0 Å². The fourth-order valence-electron chi connectivity index (χ4n) is 1.77. The normalized spacial score (nSPS) is 13.8. The second kappa shape index (κ2) is 8.95. The molecule has 0 aliphatic carbocycles. The van der Waals surface area contributed by atoms with Gasteiger partial charge in [-0.15, -0.1) is 0 Å². The van der Waals surface area contributed by atoms with Crippen LogP contribution in [0.4, 0.5) is 0 Å². The number of ether oxygens (including phenoxy) is 2. The molecule has 1 aromatic carbocycles. The Hall–Kier alpha value is -1.10. The van der Waals surface area contributed by atoms with Crippen LogP contribution in [0.2, 0.25) is 5.02 Å². The molecule has 0 saturated heterocycles. The number of aliphatic hydroxyl groups is 1. The van der Waals surface area contributed by atoms with E-state index in [1.54, 1.807) is 24.3 Å². The van der Waals surface area contributed by atoms with E-state index < -0.39 is 18.2 Å². The number of halogens is 1. The monoisotopic (exact) mass is 300 g/mol. The number of aliphatic hydroxyl groups excluding tert-OH is 1. The summed E-state index contributed by atoms with van der Waals surface area (Å²) in [5.74, 6) is -0.470. The van der Waals surface area contributed by atoms with Gasteiger partial charge in [0.1, 0.15) is 6.10 Å². The Balaban J connectivity index is 2.73. The van der Waals surface area contributed by atoms with Gasteiger partial charge in [0.05, 0.1) is 6.61 Å². The Morgan fingerprint density at radius 2 is 2.10 bits per heavy atom. The predicted molar refractivity (Wildman–Crippen MR) is 77.7 cm³/mol. The molecule has 0 aliphatic heterocycles. The summed E-state index contributed by atoms with van der Waals surface area (Å²) in [4.78, 5) is 11.2. The van der Waals surface area contributed by atoms with Crippen LogP contribution in [0.15, 0.2) is 24.3 Å². The zero-order chi connectivity index (χ0) is 15.0. The molecule has 0 bridgehead atoms. The van der Waals surface area contributed by atoms with Gasteiger partial charge in [-0.25, -0.2) is 0 Å². The summed E-state index contributed by atoms with van der Waals surface area (Å²) in [7, 11) is 0. The Morgan fingerprint density at radius 1 is 1.40 bits per heavy atom. The van der Waals surface area contributed by atoms with Gasteiger partial charge in [0.2, 0.25) is 0 Å². The number of carbonyl (C=O) groups excluding carboxylic acids is 1. The quantitative estimate of drug-likeness (QED) is 0.592. The third-order valence-corrected chi connectivity index (χ3v) is 3.13. The zero-order valence-corrected chi connectivity index (χ0v) is 12.6. The lowest BCUT2D eigenvalue weighted by Crippen LogP contribution is -2.28. The van der Waals surface area contributed by atoms with E-state index in [0.29, 0.717) is 17.2 Å². The Bertz CT molecular complexity index is 422. The summed E-state index contributed by atoms with van der Waals surface area (Å²) in [6.45, 7) is 4.03. The molecule has 0 aromatic heterocycles. The molecule has 4 nitrogen and oxygen atoms in total. The van der Waals surface area contributed by atoms with Crippen LogP contribution in [0.25, 0.3) is 0 Å². The van der Waals surface area contributed by atoms with Gasteiger partial charge in [0.25, 0.3) is 0 Å². The SMILES string of the molecule is CCCCOC[C@@H](O)[C@@H](OC(C)=O)c1ccccc1Cl. The molecule has 1 rings (SSSR count). The fraction of sp³-hybridized carbons (Fsp3) is 0.533. The van der Waals surface area contributed by atoms with E-state index in [9.17, 15) is 9.90 Å². The Kier molecular flexibility index (Phi) is 7.59. The highest BCUT2D eigenvalue weighted by Gasteiger charge is 2.26. The molecule has 112 valence electrons. The van der Waals surface area contributed by atoms with Gasteiger partial charge in [-0.05, 0) is 12.5 Å². The molecule has 0 aliphatic rings. The molecule has 0 heterocycles. The Labute approximate surface area is 124 Å². The van der Waals surface area contributed by atoms with Crippen molar-refractivity contribution in [2.24, 2.45) is 0 Å². The molecular weight excluding hydrogens is 280 g/mol. The predicted octanol–water partition coefficient (Wildman–Crippen LogP) is 3.12. The van der Waals surface area contributed by atoms with Crippen LogP contribution in [0, 0.1) is 0 Å². The highest BCUT2D eigenvalue weighted by Crippen LogP contribution is 2.28. The van der Waals surface area contributed by atoms with Crippen molar-refractivity contribution in [2.75, 3.05) is 13.2 Å². The number of hydrogen-bond acceptors (Lipinski definition) is 4. The summed E-state index contributed by atoms with van der Waals surface area (Å²) in [6.07, 6.45) is 0.184. The minimum Gasteiger partial charge on any atom is -0.455 e. The number of unbranched alkanes of at least 4 members (excludes halogenated alkanes) is 1. The summed E-state index contributed by atoms with van der Waals surface area (Å²) in [5.41, 5.74) is 0.580. The second-order valence-corrected chi connectivity index (χ2v) is 4.95. The molecule has 0 spiro atoms. The van der Waals surface area contributed by atoms with Crippen LogP contribution in [0.1, 0.15) is 38.4 Å². The van der Waals surface area contributed by atoms with E-state index in [-0.39, 0.29) is 6.61 Å². The smallest absolute Gasteiger partial charge is 0.303 e. The van der Waals surface area contributed by atoms with Crippen molar-refractivity contribution in [1.29, 1.82) is 0 Å². The van der Waals surface area contributed by atoms with E-state index in [2.05, 4.69) is 6.92 Å². The first-order valence-corrected chi connectivity index (χ1v) is 7.11. The summed E-state index contributed by atoms with van der Waals surface area (Å²) >= 11 is 6.09. The largest absolute Gasteiger partial charge is 0.455 e. The molecule has 0 amide bonds. The summed E-state index contributed by atoms with van der Waals surface area (Å²) in [5, 5.41) is 10.6. The van der Waals surface area contributed by atoms with Crippen molar-refractivity contribution in [2.45, 2.75) is 38.9 Å². The first kappa shape index (κ1) is 17.0. The van der Waals surface area contributed by atoms with Gasteiger partial charge in [-0.3, -0.25) is 4.79 Å². The maximum Gasteiger partial charge on any atom is 0.303 e. The van der Waals surface area contributed by atoms with Crippen molar-refractivity contribution in [3.05, 3.63) is 34.9 Å². The lowest BCUT2D eigenvalue weighted by Gasteiger charge is -2.23. The fourth-order valence-corrected chi connectivity index (χ4v) is 2.02. The maximum atomic E-state index is 11.2. The lowest BCUT2D eigenvalue weighted by atomic mass is 10.0. The molecule has 0 saturated carbocycles. The van der Waals surface area contributed by atoms with Crippen LogP contribution in [0.3, 0.4) is 0 Å². The molecule has 0 fully saturated rings. The number of benzene rings is 1. The van der Waals surface area contributed by atoms with Gasteiger partial charge in [-0.2, -0.15) is 0 Å². The average Bonchev–Trinajstić information content (AvgIpc) is 2.41. The number of carbonyl (C=O) groups is 1. The second-order valence-electron chi connectivity index (χ2n) is 4.55.